The molecule has 0 aromatic heterocycles. The van der Waals surface area contributed by atoms with Gasteiger partial charge >= 0.3 is 0 Å². The summed E-state index contributed by atoms with van der Waals surface area (Å²) in [5, 5.41) is 3.32. The van der Waals surface area contributed by atoms with E-state index in [1.54, 1.807) is 12.1 Å². The third-order valence-corrected chi connectivity index (χ3v) is 5.03. The largest absolute Gasteiger partial charge is 0.493 e. The number of nitrogens with two attached hydrogens (primary N) is 1. The van der Waals surface area contributed by atoms with Gasteiger partial charge in [0.25, 0.3) is 10.0 Å². The van der Waals surface area contributed by atoms with E-state index in [9.17, 15) is 8.42 Å². The first-order valence-corrected chi connectivity index (χ1v) is 8.70. The molecule has 1 fully saturated rings. The molecule has 0 aliphatic carbocycles. The van der Waals surface area contributed by atoms with Gasteiger partial charge in [-0.1, -0.05) is 12.1 Å². The van der Waals surface area contributed by atoms with E-state index >= 15 is 0 Å². The highest BCUT2D eigenvalue weighted by atomic mass is 32.2. The number of sulfonamides is 1. The van der Waals surface area contributed by atoms with Crippen molar-refractivity contribution in [3.05, 3.63) is 29.3 Å². The van der Waals surface area contributed by atoms with Crippen molar-refractivity contribution >= 4 is 15.9 Å². The average molecular weight is 309 g/mol. The Bertz CT molecular complexity index is 664. The van der Waals surface area contributed by atoms with E-state index < -0.39 is 10.0 Å². The van der Waals surface area contributed by atoms with Crippen LogP contribution in [-0.2, 0) is 15.8 Å². The first-order valence-electron chi connectivity index (χ1n) is 7.09. The summed E-state index contributed by atoms with van der Waals surface area (Å²) in [6.45, 7) is 2.66. The summed E-state index contributed by atoms with van der Waals surface area (Å²) in [4.78, 5) is 0. The zero-order valence-electron chi connectivity index (χ0n) is 11.7. The normalized spacial score (nSPS) is 21.4. The lowest BCUT2D eigenvalue weighted by Crippen LogP contribution is -2.31. The third kappa shape index (κ3) is 3.19. The van der Waals surface area contributed by atoms with Crippen molar-refractivity contribution in [1.29, 1.82) is 0 Å². The minimum absolute atomic E-state index is 0.0251. The molecule has 0 spiro atoms. The van der Waals surface area contributed by atoms with Gasteiger partial charge in [0.15, 0.2) is 0 Å². The zero-order chi connectivity index (χ0) is 14.9. The van der Waals surface area contributed by atoms with Crippen molar-refractivity contribution in [3.8, 4) is 5.75 Å². The maximum absolute atomic E-state index is 11.6. The number of rotatable bonds is 3. The second-order valence-corrected chi connectivity index (χ2v) is 7.13. The van der Waals surface area contributed by atoms with Gasteiger partial charge in [0.05, 0.1) is 17.9 Å². The summed E-state index contributed by atoms with van der Waals surface area (Å²) in [7, 11) is -3.50. The molecule has 1 aromatic rings. The number of benzene rings is 1. The molecular formula is C14H19N3O3S. The smallest absolute Gasteiger partial charge is 0.259 e. The van der Waals surface area contributed by atoms with E-state index in [1.807, 2.05) is 6.07 Å². The molecule has 3 N–H and O–H groups in total. The predicted octanol–water partition coefficient (Wildman–Crippen LogP) is 0.614. The molecule has 2 aliphatic heterocycles. The highest BCUT2D eigenvalue weighted by Gasteiger charge is 2.25. The Labute approximate surface area is 124 Å². The van der Waals surface area contributed by atoms with Crippen LogP contribution < -0.4 is 15.8 Å². The van der Waals surface area contributed by atoms with E-state index in [2.05, 4.69) is 9.71 Å². The van der Waals surface area contributed by atoms with Gasteiger partial charge in [0.2, 0.25) is 0 Å². The number of nitrogens with zero attached hydrogens (tertiary/aromatic N) is 1. The standard InChI is InChI=1S/C14H19N3O3S/c15-14-13-11(9-21(18,19)17-14)2-1-3-12(13)20-8-10-4-6-16-7-5-10/h1-3,10,16H,4-9H2,(H2,15,17). The highest BCUT2D eigenvalue weighted by molar-refractivity contribution is 7.89. The Morgan fingerprint density at radius 3 is 2.86 bits per heavy atom. The van der Waals surface area contributed by atoms with Crippen LogP contribution >= 0.6 is 0 Å². The van der Waals surface area contributed by atoms with Gasteiger partial charge < -0.3 is 15.8 Å². The number of fused-ring (bicyclic) bond motifs is 1. The van der Waals surface area contributed by atoms with Crippen LogP contribution in [0.1, 0.15) is 24.0 Å². The van der Waals surface area contributed by atoms with E-state index in [0.717, 1.165) is 25.9 Å². The number of piperidine rings is 1. The molecule has 0 saturated carbocycles. The summed E-state index contributed by atoms with van der Waals surface area (Å²) in [6.07, 6.45) is 2.18. The van der Waals surface area contributed by atoms with Gasteiger partial charge in [-0.2, -0.15) is 0 Å². The van der Waals surface area contributed by atoms with Crippen molar-refractivity contribution in [3.63, 3.8) is 0 Å². The molecule has 3 rings (SSSR count). The fraction of sp³-hybridized carbons (Fsp3) is 0.500. The fourth-order valence-electron chi connectivity index (χ4n) is 2.79. The molecule has 0 bridgehead atoms. The number of hydrogen-bond donors (Lipinski definition) is 2. The number of nitrogens with one attached hydrogen (secondary N) is 1. The van der Waals surface area contributed by atoms with Crippen molar-refractivity contribution in [2.45, 2.75) is 18.6 Å². The molecule has 0 atom stereocenters. The van der Waals surface area contributed by atoms with Gasteiger partial charge in [-0.05, 0) is 43.5 Å². The molecule has 1 aromatic carbocycles. The Balaban J connectivity index is 1.81. The van der Waals surface area contributed by atoms with Crippen LogP contribution in [-0.4, -0.2) is 33.9 Å². The van der Waals surface area contributed by atoms with Gasteiger partial charge in [0, 0.05) is 0 Å². The second kappa shape index (κ2) is 5.65. The van der Waals surface area contributed by atoms with Gasteiger partial charge in [-0.3, -0.25) is 0 Å². The lowest BCUT2D eigenvalue weighted by atomic mass is 9.99. The minimum Gasteiger partial charge on any atom is -0.493 e. The summed E-state index contributed by atoms with van der Waals surface area (Å²) in [5.41, 5.74) is 7.10. The molecular weight excluding hydrogens is 290 g/mol. The zero-order valence-corrected chi connectivity index (χ0v) is 12.5. The SMILES string of the molecule is NC1=NS(=O)(=O)Cc2cccc(OCC3CCNCC3)c21. The van der Waals surface area contributed by atoms with Crippen LogP contribution in [0, 0.1) is 5.92 Å². The maximum atomic E-state index is 11.6. The minimum atomic E-state index is -3.50. The number of amidine groups is 1. The van der Waals surface area contributed by atoms with Gasteiger partial charge in [0.1, 0.15) is 11.6 Å². The fourth-order valence-corrected chi connectivity index (χ4v) is 3.88. The van der Waals surface area contributed by atoms with E-state index in [1.165, 1.54) is 0 Å². The average Bonchev–Trinajstić information content (AvgIpc) is 2.44. The van der Waals surface area contributed by atoms with Crippen molar-refractivity contribution in [2.75, 3.05) is 19.7 Å². The summed E-state index contributed by atoms with van der Waals surface area (Å²) >= 11 is 0. The van der Waals surface area contributed by atoms with E-state index in [-0.39, 0.29) is 11.6 Å². The lowest BCUT2D eigenvalue weighted by molar-refractivity contribution is 0.215. The second-order valence-electron chi connectivity index (χ2n) is 5.50. The van der Waals surface area contributed by atoms with Crippen molar-refractivity contribution in [1.82, 2.24) is 5.32 Å². The molecule has 0 amide bonds. The number of ether oxygens (including phenoxy) is 1. The molecule has 6 nitrogen and oxygen atoms in total. The van der Waals surface area contributed by atoms with Crippen molar-refractivity contribution in [2.24, 2.45) is 16.0 Å². The predicted molar refractivity (Wildman–Crippen MR) is 80.9 cm³/mol. The molecule has 1 saturated heterocycles. The lowest BCUT2D eigenvalue weighted by Gasteiger charge is -2.24. The summed E-state index contributed by atoms with van der Waals surface area (Å²) in [6, 6.07) is 5.37. The van der Waals surface area contributed by atoms with Crippen LogP contribution in [0.2, 0.25) is 0 Å². The molecule has 2 heterocycles. The quantitative estimate of drug-likeness (QED) is 0.853. The van der Waals surface area contributed by atoms with Crippen LogP contribution in [0.25, 0.3) is 0 Å². The van der Waals surface area contributed by atoms with Gasteiger partial charge in [-0.15, -0.1) is 4.40 Å². The topological polar surface area (TPSA) is 93.8 Å². The Kier molecular flexibility index (Phi) is 3.86. The first kappa shape index (κ1) is 14.3. The van der Waals surface area contributed by atoms with Crippen LogP contribution in [0.3, 0.4) is 0 Å². The molecule has 21 heavy (non-hydrogen) atoms. The van der Waals surface area contributed by atoms with Crippen LogP contribution in [0.4, 0.5) is 0 Å². The van der Waals surface area contributed by atoms with Gasteiger partial charge in [-0.25, -0.2) is 8.42 Å². The summed E-state index contributed by atoms with van der Waals surface area (Å²) < 4.78 is 32.7. The van der Waals surface area contributed by atoms with Crippen LogP contribution in [0.5, 0.6) is 5.75 Å². The Hall–Kier alpha value is -1.60. The number of hydrogen-bond acceptors (Lipinski definition) is 5. The highest BCUT2D eigenvalue weighted by Crippen LogP contribution is 2.28. The Morgan fingerprint density at radius 2 is 2.10 bits per heavy atom. The maximum Gasteiger partial charge on any atom is 0.259 e. The molecule has 0 radical (unpaired) electrons. The van der Waals surface area contributed by atoms with E-state index in [0.29, 0.717) is 29.4 Å². The molecule has 2 aliphatic rings. The van der Waals surface area contributed by atoms with Crippen LogP contribution in [0.15, 0.2) is 22.6 Å². The van der Waals surface area contributed by atoms with Crippen molar-refractivity contribution < 1.29 is 13.2 Å². The molecule has 114 valence electrons. The monoisotopic (exact) mass is 309 g/mol. The van der Waals surface area contributed by atoms with E-state index in [4.69, 9.17) is 10.5 Å². The Morgan fingerprint density at radius 1 is 1.33 bits per heavy atom. The molecule has 0 unspecified atom stereocenters. The summed E-state index contributed by atoms with van der Waals surface area (Å²) in [5.74, 6) is 1.06. The first-order chi connectivity index (χ1) is 10.1. The third-order valence-electron chi connectivity index (χ3n) is 3.88. The molecule has 7 heteroatoms.